The summed E-state index contributed by atoms with van der Waals surface area (Å²) >= 11 is 1.59. The monoisotopic (exact) mass is 303 g/mol. The van der Waals surface area contributed by atoms with Crippen LogP contribution in [0.5, 0.6) is 5.75 Å². The molecule has 0 bridgehead atoms. The molecule has 108 valence electrons. The number of halogens is 1. The average molecular weight is 303 g/mol. The van der Waals surface area contributed by atoms with E-state index < -0.39 is 0 Å². The van der Waals surface area contributed by atoms with Crippen molar-refractivity contribution in [2.75, 3.05) is 5.73 Å². The van der Waals surface area contributed by atoms with E-state index in [9.17, 15) is 4.39 Å². The van der Waals surface area contributed by atoms with Gasteiger partial charge in [-0.3, -0.25) is 0 Å². The van der Waals surface area contributed by atoms with Gasteiger partial charge in [-0.25, -0.2) is 14.4 Å². The zero-order valence-corrected chi connectivity index (χ0v) is 12.5. The molecule has 0 aliphatic carbocycles. The third kappa shape index (κ3) is 2.67. The lowest BCUT2D eigenvalue weighted by molar-refractivity contribution is 0.296. The molecule has 0 unspecified atom stereocenters. The van der Waals surface area contributed by atoms with E-state index >= 15 is 0 Å². The number of nitrogens with two attached hydrogens (primary N) is 1. The molecule has 3 rings (SSSR count). The predicted octanol–water partition coefficient (Wildman–Crippen LogP) is 3.61. The number of hydrogen-bond acceptors (Lipinski definition) is 5. The normalized spacial score (nSPS) is 11.0. The Labute approximate surface area is 125 Å². The van der Waals surface area contributed by atoms with Crippen LogP contribution in [0.1, 0.15) is 16.3 Å². The number of fused-ring (bicyclic) bond motifs is 1. The molecule has 6 heteroatoms. The molecule has 2 N–H and O–H groups in total. The first-order valence-corrected chi connectivity index (χ1v) is 7.26. The first-order valence-electron chi connectivity index (χ1n) is 6.45. The molecule has 0 atom stereocenters. The largest absolute Gasteiger partial charge is 0.486 e. The van der Waals surface area contributed by atoms with E-state index in [1.807, 2.05) is 13.8 Å². The second-order valence-electron chi connectivity index (χ2n) is 4.73. The Bertz CT molecular complexity index is 799. The standard InChI is InChI=1S/C15H14FN3OS/c1-8-9(2)21-15-13(8)14(17)18-12(19-15)7-20-11-5-3-10(16)4-6-11/h3-6H,7H2,1-2H3,(H2,17,18,19). The van der Waals surface area contributed by atoms with Crippen molar-refractivity contribution in [2.24, 2.45) is 0 Å². The van der Waals surface area contributed by atoms with Crippen molar-refractivity contribution in [3.63, 3.8) is 0 Å². The molecule has 0 saturated heterocycles. The molecule has 0 saturated carbocycles. The van der Waals surface area contributed by atoms with Crippen LogP contribution < -0.4 is 10.5 Å². The molecule has 21 heavy (non-hydrogen) atoms. The Kier molecular flexibility index (Phi) is 3.47. The van der Waals surface area contributed by atoms with Crippen molar-refractivity contribution in [1.82, 2.24) is 9.97 Å². The van der Waals surface area contributed by atoms with Gasteiger partial charge in [0.1, 0.15) is 28.8 Å². The van der Waals surface area contributed by atoms with Crippen LogP contribution in [0.3, 0.4) is 0 Å². The summed E-state index contributed by atoms with van der Waals surface area (Å²) in [6, 6.07) is 5.83. The van der Waals surface area contributed by atoms with E-state index in [4.69, 9.17) is 10.5 Å². The number of aryl methyl sites for hydroxylation is 2. The van der Waals surface area contributed by atoms with Crippen LogP contribution in [-0.2, 0) is 6.61 Å². The highest BCUT2D eigenvalue weighted by Gasteiger charge is 2.12. The van der Waals surface area contributed by atoms with Crippen molar-refractivity contribution in [2.45, 2.75) is 20.5 Å². The second kappa shape index (κ2) is 5.29. The Morgan fingerprint density at radius 2 is 1.90 bits per heavy atom. The molecule has 4 nitrogen and oxygen atoms in total. The van der Waals surface area contributed by atoms with Crippen molar-refractivity contribution in [3.8, 4) is 5.75 Å². The molecule has 0 aliphatic heterocycles. The number of nitrogens with zero attached hydrogens (tertiary/aromatic N) is 2. The van der Waals surface area contributed by atoms with Crippen molar-refractivity contribution in [1.29, 1.82) is 0 Å². The summed E-state index contributed by atoms with van der Waals surface area (Å²) in [6.07, 6.45) is 0. The molecule has 0 radical (unpaired) electrons. The van der Waals surface area contributed by atoms with Crippen LogP contribution >= 0.6 is 11.3 Å². The number of ether oxygens (including phenoxy) is 1. The smallest absolute Gasteiger partial charge is 0.169 e. The number of nitrogen functional groups attached to an aromatic ring is 1. The van der Waals surface area contributed by atoms with E-state index in [0.29, 0.717) is 17.4 Å². The molecule has 0 fully saturated rings. The molecule has 2 heterocycles. The van der Waals surface area contributed by atoms with Crippen LogP contribution in [0.25, 0.3) is 10.2 Å². The SMILES string of the molecule is Cc1sc2nc(COc3ccc(F)cc3)nc(N)c2c1C. The zero-order chi connectivity index (χ0) is 15.0. The maximum atomic E-state index is 12.8. The van der Waals surface area contributed by atoms with Crippen LogP contribution in [0.4, 0.5) is 10.2 Å². The van der Waals surface area contributed by atoms with Crippen LogP contribution in [0.15, 0.2) is 24.3 Å². The topological polar surface area (TPSA) is 61.0 Å². The fourth-order valence-corrected chi connectivity index (χ4v) is 3.13. The van der Waals surface area contributed by atoms with Gasteiger partial charge in [0.05, 0.1) is 5.39 Å². The number of rotatable bonds is 3. The zero-order valence-electron chi connectivity index (χ0n) is 11.7. The van der Waals surface area contributed by atoms with Crippen LogP contribution in [-0.4, -0.2) is 9.97 Å². The fraction of sp³-hybridized carbons (Fsp3) is 0.200. The lowest BCUT2D eigenvalue weighted by Gasteiger charge is -2.06. The Morgan fingerprint density at radius 1 is 1.19 bits per heavy atom. The molecular formula is C15H14FN3OS. The van der Waals surface area contributed by atoms with Gasteiger partial charge in [-0.15, -0.1) is 11.3 Å². The van der Waals surface area contributed by atoms with Crippen LogP contribution in [0, 0.1) is 19.7 Å². The van der Waals surface area contributed by atoms with Gasteiger partial charge < -0.3 is 10.5 Å². The van der Waals surface area contributed by atoms with Gasteiger partial charge in [-0.2, -0.15) is 0 Å². The number of anilines is 1. The molecule has 2 aromatic heterocycles. The quantitative estimate of drug-likeness (QED) is 0.803. The average Bonchev–Trinajstić information content (AvgIpc) is 2.74. The summed E-state index contributed by atoms with van der Waals surface area (Å²) in [6.45, 7) is 4.25. The Hall–Kier alpha value is -2.21. The summed E-state index contributed by atoms with van der Waals surface area (Å²) < 4.78 is 18.4. The van der Waals surface area contributed by atoms with Crippen molar-refractivity contribution < 1.29 is 9.13 Å². The van der Waals surface area contributed by atoms with E-state index in [1.54, 1.807) is 23.5 Å². The first kappa shape index (κ1) is 13.8. The van der Waals surface area contributed by atoms with Gasteiger partial charge in [0.15, 0.2) is 5.82 Å². The molecule has 0 spiro atoms. The lowest BCUT2D eigenvalue weighted by Crippen LogP contribution is -2.04. The van der Waals surface area contributed by atoms with Gasteiger partial charge in [-0.1, -0.05) is 0 Å². The minimum absolute atomic E-state index is 0.196. The maximum absolute atomic E-state index is 12.8. The van der Waals surface area contributed by atoms with E-state index in [-0.39, 0.29) is 12.4 Å². The highest BCUT2D eigenvalue weighted by atomic mass is 32.1. The molecule has 0 aliphatic rings. The van der Waals surface area contributed by atoms with Crippen LogP contribution in [0.2, 0.25) is 0 Å². The first-order chi connectivity index (χ1) is 10.0. The minimum atomic E-state index is -0.297. The van der Waals surface area contributed by atoms with Gasteiger partial charge in [-0.05, 0) is 43.7 Å². The predicted molar refractivity (Wildman–Crippen MR) is 82.0 cm³/mol. The Morgan fingerprint density at radius 3 is 2.62 bits per heavy atom. The van der Waals surface area contributed by atoms with E-state index in [1.165, 1.54) is 17.0 Å². The molecule has 1 aromatic carbocycles. The molecule has 3 aromatic rings. The summed E-state index contributed by atoms with van der Waals surface area (Å²) in [5.41, 5.74) is 7.13. The fourth-order valence-electron chi connectivity index (χ4n) is 2.07. The van der Waals surface area contributed by atoms with Crippen molar-refractivity contribution >= 4 is 27.4 Å². The van der Waals surface area contributed by atoms with Gasteiger partial charge in [0.25, 0.3) is 0 Å². The van der Waals surface area contributed by atoms with E-state index in [2.05, 4.69) is 9.97 Å². The molecular weight excluding hydrogens is 289 g/mol. The highest BCUT2D eigenvalue weighted by Crippen LogP contribution is 2.31. The minimum Gasteiger partial charge on any atom is -0.486 e. The third-order valence-corrected chi connectivity index (χ3v) is 4.39. The highest BCUT2D eigenvalue weighted by molar-refractivity contribution is 7.18. The number of thiophene rings is 1. The Balaban J connectivity index is 1.86. The maximum Gasteiger partial charge on any atom is 0.169 e. The second-order valence-corrected chi connectivity index (χ2v) is 5.93. The summed E-state index contributed by atoms with van der Waals surface area (Å²) in [4.78, 5) is 10.8. The van der Waals surface area contributed by atoms with E-state index in [0.717, 1.165) is 15.8 Å². The summed E-state index contributed by atoms with van der Waals surface area (Å²) in [7, 11) is 0. The number of hydrogen-bond donors (Lipinski definition) is 1. The third-order valence-electron chi connectivity index (χ3n) is 3.28. The number of aromatic nitrogens is 2. The molecule has 0 amide bonds. The lowest BCUT2D eigenvalue weighted by atomic mass is 10.2. The van der Waals surface area contributed by atoms with Gasteiger partial charge in [0, 0.05) is 4.88 Å². The summed E-state index contributed by atoms with van der Waals surface area (Å²) in [5, 5.41) is 0.919. The number of benzene rings is 1. The van der Waals surface area contributed by atoms with Gasteiger partial charge >= 0.3 is 0 Å². The summed E-state index contributed by atoms with van der Waals surface area (Å²) in [5.74, 6) is 1.26. The van der Waals surface area contributed by atoms with Gasteiger partial charge in [0.2, 0.25) is 0 Å². The van der Waals surface area contributed by atoms with Crippen molar-refractivity contribution in [3.05, 3.63) is 46.3 Å².